The molecule has 3 rings (SSSR count). The van der Waals surface area contributed by atoms with Crippen molar-refractivity contribution in [2.75, 3.05) is 38.2 Å². The third kappa shape index (κ3) is 4.39. The number of amides is 1. The molecule has 0 aliphatic carbocycles. The van der Waals surface area contributed by atoms with Gasteiger partial charge in [0.15, 0.2) is 11.6 Å². The maximum Gasteiger partial charge on any atom is 0.253 e. The van der Waals surface area contributed by atoms with E-state index >= 15 is 0 Å². The molecule has 0 unspecified atom stereocenters. The first-order valence-electron chi connectivity index (χ1n) is 8.47. The van der Waals surface area contributed by atoms with Crippen molar-refractivity contribution in [1.82, 2.24) is 4.90 Å². The van der Waals surface area contributed by atoms with E-state index < -0.39 is 11.7 Å². The van der Waals surface area contributed by atoms with E-state index in [0.29, 0.717) is 42.9 Å². The molecule has 1 aliphatic rings. The predicted octanol–water partition coefficient (Wildman–Crippen LogP) is 3.16. The standard InChI is InChI=1S/C19H20BrF2N3O2/c1-27-17-3-2-12(8-14(17)21)11-24-4-6-25(7-5-24)16-10-13(20)9-15(22)18(16)19(23)26/h2-3,8-10H,4-7,11H2,1H3,(H2,23,26). The van der Waals surface area contributed by atoms with Crippen molar-refractivity contribution in [3.05, 3.63) is 57.6 Å². The highest BCUT2D eigenvalue weighted by Crippen LogP contribution is 2.29. The molecule has 144 valence electrons. The van der Waals surface area contributed by atoms with Gasteiger partial charge in [-0.2, -0.15) is 0 Å². The van der Waals surface area contributed by atoms with Crippen LogP contribution in [0.5, 0.6) is 5.75 Å². The first-order chi connectivity index (χ1) is 12.9. The van der Waals surface area contributed by atoms with Gasteiger partial charge in [0.1, 0.15) is 5.82 Å². The van der Waals surface area contributed by atoms with Crippen LogP contribution in [0.3, 0.4) is 0 Å². The Morgan fingerprint density at radius 3 is 2.44 bits per heavy atom. The molecule has 0 saturated carbocycles. The van der Waals surface area contributed by atoms with Gasteiger partial charge < -0.3 is 15.4 Å². The average Bonchev–Trinajstić information content (AvgIpc) is 2.61. The number of ether oxygens (including phenoxy) is 1. The van der Waals surface area contributed by atoms with Crippen molar-refractivity contribution < 1.29 is 18.3 Å². The number of primary amides is 1. The second kappa shape index (κ2) is 8.22. The summed E-state index contributed by atoms with van der Waals surface area (Å²) in [5, 5.41) is 0. The first kappa shape index (κ1) is 19.6. The Kier molecular flexibility index (Phi) is 5.96. The fraction of sp³-hybridized carbons (Fsp3) is 0.316. The number of hydrogen-bond acceptors (Lipinski definition) is 4. The third-order valence-electron chi connectivity index (χ3n) is 4.62. The summed E-state index contributed by atoms with van der Waals surface area (Å²) in [7, 11) is 1.43. The molecule has 8 heteroatoms. The number of benzene rings is 2. The van der Waals surface area contributed by atoms with Gasteiger partial charge in [-0.05, 0) is 29.8 Å². The van der Waals surface area contributed by atoms with Crippen molar-refractivity contribution in [2.24, 2.45) is 5.73 Å². The smallest absolute Gasteiger partial charge is 0.253 e. The number of methoxy groups -OCH3 is 1. The zero-order chi connectivity index (χ0) is 19.6. The molecule has 0 spiro atoms. The maximum atomic E-state index is 14.2. The van der Waals surface area contributed by atoms with Gasteiger partial charge in [0.2, 0.25) is 0 Å². The predicted molar refractivity (Wildman–Crippen MR) is 103 cm³/mol. The lowest BCUT2D eigenvalue weighted by Gasteiger charge is -2.37. The van der Waals surface area contributed by atoms with Gasteiger partial charge in [-0.1, -0.05) is 22.0 Å². The molecule has 2 aromatic carbocycles. The largest absolute Gasteiger partial charge is 0.494 e. The van der Waals surface area contributed by atoms with Crippen LogP contribution in [0.15, 0.2) is 34.8 Å². The summed E-state index contributed by atoms with van der Waals surface area (Å²) >= 11 is 3.26. The molecule has 0 bridgehead atoms. The Hall–Kier alpha value is -2.19. The molecule has 0 atom stereocenters. The molecule has 2 aromatic rings. The Morgan fingerprint density at radius 2 is 1.85 bits per heavy atom. The van der Waals surface area contributed by atoms with E-state index in [9.17, 15) is 13.6 Å². The maximum absolute atomic E-state index is 14.2. The number of piperazine rings is 1. The summed E-state index contributed by atoms with van der Waals surface area (Å²) in [6.07, 6.45) is 0. The average molecular weight is 440 g/mol. The van der Waals surface area contributed by atoms with E-state index in [0.717, 1.165) is 5.56 Å². The van der Waals surface area contributed by atoms with Crippen molar-refractivity contribution in [3.63, 3.8) is 0 Å². The van der Waals surface area contributed by atoms with Crippen LogP contribution in [-0.2, 0) is 6.54 Å². The van der Waals surface area contributed by atoms with E-state index in [1.54, 1.807) is 12.1 Å². The van der Waals surface area contributed by atoms with E-state index in [4.69, 9.17) is 10.5 Å². The van der Waals surface area contributed by atoms with E-state index in [1.165, 1.54) is 19.2 Å². The topological polar surface area (TPSA) is 58.8 Å². The zero-order valence-corrected chi connectivity index (χ0v) is 16.4. The fourth-order valence-corrected chi connectivity index (χ4v) is 3.68. The van der Waals surface area contributed by atoms with E-state index in [1.807, 2.05) is 11.0 Å². The van der Waals surface area contributed by atoms with Crippen LogP contribution < -0.4 is 15.4 Å². The summed E-state index contributed by atoms with van der Waals surface area (Å²) in [5.41, 5.74) is 6.61. The second-order valence-electron chi connectivity index (χ2n) is 6.38. The summed E-state index contributed by atoms with van der Waals surface area (Å²) in [6, 6.07) is 7.86. The summed E-state index contributed by atoms with van der Waals surface area (Å²) in [6.45, 7) is 3.20. The Labute approximate surface area is 164 Å². The summed E-state index contributed by atoms with van der Waals surface area (Å²) in [5.74, 6) is -1.59. The highest BCUT2D eigenvalue weighted by molar-refractivity contribution is 9.10. The molecule has 0 aromatic heterocycles. The van der Waals surface area contributed by atoms with Crippen LogP contribution in [0, 0.1) is 11.6 Å². The monoisotopic (exact) mass is 439 g/mol. The molecule has 5 nitrogen and oxygen atoms in total. The Bertz CT molecular complexity index is 855. The molecule has 27 heavy (non-hydrogen) atoms. The van der Waals surface area contributed by atoms with E-state index in [-0.39, 0.29) is 17.1 Å². The Morgan fingerprint density at radius 1 is 1.15 bits per heavy atom. The number of nitrogens with two attached hydrogens (primary N) is 1. The van der Waals surface area contributed by atoms with Gasteiger partial charge in [0.05, 0.1) is 18.4 Å². The molecular weight excluding hydrogens is 420 g/mol. The number of hydrogen-bond donors (Lipinski definition) is 1. The molecular formula is C19H20BrF2N3O2. The van der Waals surface area contributed by atoms with Gasteiger partial charge >= 0.3 is 0 Å². The van der Waals surface area contributed by atoms with Crippen LogP contribution in [0.4, 0.5) is 14.5 Å². The molecule has 2 N–H and O–H groups in total. The Balaban J connectivity index is 1.69. The minimum absolute atomic E-state index is 0.0936. The van der Waals surface area contributed by atoms with Crippen LogP contribution in [0.2, 0.25) is 0 Å². The number of anilines is 1. The van der Waals surface area contributed by atoms with Crippen molar-refractivity contribution in [3.8, 4) is 5.75 Å². The van der Waals surface area contributed by atoms with Gasteiger partial charge in [0.25, 0.3) is 5.91 Å². The van der Waals surface area contributed by atoms with Crippen molar-refractivity contribution >= 4 is 27.5 Å². The number of carbonyl (C=O) groups is 1. The minimum atomic E-state index is -0.786. The lowest BCUT2D eigenvalue weighted by atomic mass is 10.1. The number of nitrogens with zero attached hydrogens (tertiary/aromatic N) is 2. The van der Waals surface area contributed by atoms with E-state index in [2.05, 4.69) is 20.8 Å². The lowest BCUT2D eigenvalue weighted by Crippen LogP contribution is -2.46. The van der Waals surface area contributed by atoms with Crippen LogP contribution in [-0.4, -0.2) is 44.1 Å². The number of carbonyl (C=O) groups excluding carboxylic acids is 1. The highest BCUT2D eigenvalue weighted by atomic mass is 79.9. The van der Waals surface area contributed by atoms with Crippen molar-refractivity contribution in [2.45, 2.75) is 6.54 Å². The second-order valence-corrected chi connectivity index (χ2v) is 7.29. The molecule has 1 fully saturated rings. The van der Waals surface area contributed by atoms with Gasteiger partial charge in [-0.3, -0.25) is 9.69 Å². The van der Waals surface area contributed by atoms with Crippen LogP contribution in [0.25, 0.3) is 0 Å². The third-order valence-corrected chi connectivity index (χ3v) is 5.07. The van der Waals surface area contributed by atoms with Crippen LogP contribution in [0.1, 0.15) is 15.9 Å². The first-order valence-corrected chi connectivity index (χ1v) is 9.27. The van der Waals surface area contributed by atoms with Crippen molar-refractivity contribution in [1.29, 1.82) is 0 Å². The highest BCUT2D eigenvalue weighted by Gasteiger charge is 2.24. The number of rotatable bonds is 5. The minimum Gasteiger partial charge on any atom is -0.494 e. The number of halogens is 3. The van der Waals surface area contributed by atoms with Gasteiger partial charge in [-0.15, -0.1) is 0 Å². The summed E-state index contributed by atoms with van der Waals surface area (Å²) in [4.78, 5) is 15.8. The van der Waals surface area contributed by atoms with Gasteiger partial charge in [0, 0.05) is 37.2 Å². The molecule has 0 radical (unpaired) electrons. The normalized spacial score (nSPS) is 15.0. The SMILES string of the molecule is COc1ccc(CN2CCN(c3cc(Br)cc(F)c3C(N)=O)CC2)cc1F. The van der Waals surface area contributed by atoms with Gasteiger partial charge in [-0.25, -0.2) is 8.78 Å². The lowest BCUT2D eigenvalue weighted by molar-refractivity contribution is 0.0996. The fourth-order valence-electron chi connectivity index (χ4n) is 3.27. The molecule has 1 aliphatic heterocycles. The quantitative estimate of drug-likeness (QED) is 0.777. The molecule has 1 amide bonds. The summed E-state index contributed by atoms with van der Waals surface area (Å²) < 4.78 is 33.5. The molecule has 1 saturated heterocycles. The van der Waals surface area contributed by atoms with Crippen LogP contribution >= 0.6 is 15.9 Å². The zero-order valence-electron chi connectivity index (χ0n) is 14.8. The molecule has 1 heterocycles.